The molecular formula is C23H29ClN2O3. The second-order valence-electron chi connectivity index (χ2n) is 7.92. The first kappa shape index (κ1) is 21.8. The maximum absolute atomic E-state index is 12.4. The molecule has 29 heavy (non-hydrogen) atoms. The molecule has 1 heterocycles. The Morgan fingerprint density at radius 2 is 2.03 bits per heavy atom. The van der Waals surface area contributed by atoms with Gasteiger partial charge in [0.25, 0.3) is 5.91 Å². The van der Waals surface area contributed by atoms with E-state index in [1.54, 1.807) is 31.3 Å². The van der Waals surface area contributed by atoms with Crippen LogP contribution in [0.5, 0.6) is 0 Å². The molecule has 1 amide bonds. The molecule has 6 heteroatoms. The van der Waals surface area contributed by atoms with Gasteiger partial charge in [-0.1, -0.05) is 29.8 Å². The highest BCUT2D eigenvalue weighted by molar-refractivity contribution is 6.29. The fourth-order valence-electron chi connectivity index (χ4n) is 4.09. The molecule has 1 saturated carbocycles. The van der Waals surface area contributed by atoms with Crippen molar-refractivity contribution in [3.05, 3.63) is 64.4 Å². The molecule has 0 bridgehead atoms. The second-order valence-corrected chi connectivity index (χ2v) is 8.31. The molecule has 1 N–H and O–H groups in total. The van der Waals surface area contributed by atoms with Gasteiger partial charge in [-0.3, -0.25) is 4.79 Å². The van der Waals surface area contributed by atoms with Gasteiger partial charge in [0.15, 0.2) is 0 Å². The quantitative estimate of drug-likeness (QED) is 0.657. The summed E-state index contributed by atoms with van der Waals surface area (Å²) in [5.41, 5.74) is 2.76. The predicted octanol–water partition coefficient (Wildman–Crippen LogP) is 4.15. The largest absolute Gasteiger partial charge is 0.388 e. The summed E-state index contributed by atoms with van der Waals surface area (Å²) < 4.78 is 5.03. The van der Waals surface area contributed by atoms with Crippen molar-refractivity contribution in [1.82, 2.24) is 9.88 Å². The van der Waals surface area contributed by atoms with Crippen LogP contribution in [0.4, 0.5) is 0 Å². The number of rotatable bonds is 8. The van der Waals surface area contributed by atoms with E-state index in [0.717, 1.165) is 31.2 Å². The second kappa shape index (κ2) is 10.2. The Balaban J connectivity index is 1.53. The zero-order valence-corrected chi connectivity index (χ0v) is 17.8. The van der Waals surface area contributed by atoms with Crippen LogP contribution in [0.3, 0.4) is 0 Å². The Labute approximate surface area is 177 Å². The average molecular weight is 417 g/mol. The minimum absolute atomic E-state index is 0.00854. The number of amides is 1. The summed E-state index contributed by atoms with van der Waals surface area (Å²) in [6.45, 7) is 1.10. The first-order valence-electron chi connectivity index (χ1n) is 10.1. The lowest BCUT2D eigenvalue weighted by atomic mass is 9.92. The predicted molar refractivity (Wildman–Crippen MR) is 114 cm³/mol. The summed E-state index contributed by atoms with van der Waals surface area (Å²) in [5, 5.41) is 11.1. The molecule has 0 saturated heterocycles. The number of aliphatic hydroxyl groups excluding tert-OH is 1. The lowest BCUT2D eigenvalue weighted by molar-refractivity contribution is 0.0744. The molecular weight excluding hydrogens is 388 g/mol. The summed E-state index contributed by atoms with van der Waals surface area (Å²) in [6.07, 6.45) is 5.24. The number of halogens is 1. The van der Waals surface area contributed by atoms with E-state index in [1.165, 1.54) is 5.56 Å². The number of carbonyl (C=O) groups excluding carboxylic acids is 1. The van der Waals surface area contributed by atoms with Crippen LogP contribution < -0.4 is 0 Å². The van der Waals surface area contributed by atoms with Gasteiger partial charge in [-0.05, 0) is 66.8 Å². The van der Waals surface area contributed by atoms with Gasteiger partial charge < -0.3 is 14.7 Å². The van der Waals surface area contributed by atoms with Crippen LogP contribution in [0.1, 0.15) is 46.9 Å². The van der Waals surface area contributed by atoms with Crippen molar-refractivity contribution < 1.29 is 14.6 Å². The van der Waals surface area contributed by atoms with E-state index in [0.29, 0.717) is 29.8 Å². The monoisotopic (exact) mass is 416 g/mol. The number of hydrogen-bond donors (Lipinski definition) is 1. The average Bonchev–Trinajstić information content (AvgIpc) is 3.20. The molecule has 1 aliphatic carbocycles. The number of methoxy groups -OCH3 is 1. The van der Waals surface area contributed by atoms with Gasteiger partial charge in [-0.15, -0.1) is 0 Å². The van der Waals surface area contributed by atoms with E-state index in [2.05, 4.69) is 4.98 Å². The maximum atomic E-state index is 12.4. The van der Waals surface area contributed by atoms with Gasteiger partial charge in [-0.25, -0.2) is 4.98 Å². The van der Waals surface area contributed by atoms with Crippen LogP contribution >= 0.6 is 11.6 Å². The van der Waals surface area contributed by atoms with Crippen molar-refractivity contribution in [3.63, 3.8) is 0 Å². The molecule has 1 fully saturated rings. The van der Waals surface area contributed by atoms with Crippen molar-refractivity contribution in [2.24, 2.45) is 11.8 Å². The van der Waals surface area contributed by atoms with E-state index in [1.807, 2.05) is 30.3 Å². The number of likely N-dealkylation sites (N-methyl/N-ethyl adjacent to an activating group) is 1. The van der Waals surface area contributed by atoms with Crippen LogP contribution in [0, 0.1) is 11.8 Å². The number of aliphatic hydroxyl groups is 1. The Kier molecular flexibility index (Phi) is 7.64. The van der Waals surface area contributed by atoms with E-state index >= 15 is 0 Å². The number of pyridine rings is 1. The lowest BCUT2D eigenvalue weighted by Gasteiger charge is -2.19. The first-order chi connectivity index (χ1) is 14.0. The molecule has 0 unspecified atom stereocenters. The third-order valence-corrected chi connectivity index (χ3v) is 6.05. The van der Waals surface area contributed by atoms with Crippen LogP contribution in [0.2, 0.25) is 5.15 Å². The highest BCUT2D eigenvalue weighted by Crippen LogP contribution is 2.40. The van der Waals surface area contributed by atoms with E-state index < -0.39 is 6.10 Å². The van der Waals surface area contributed by atoms with Crippen molar-refractivity contribution in [1.29, 1.82) is 0 Å². The van der Waals surface area contributed by atoms with Crippen LogP contribution in [-0.2, 0) is 11.2 Å². The Morgan fingerprint density at radius 1 is 1.28 bits per heavy atom. The summed E-state index contributed by atoms with van der Waals surface area (Å²) in [5.74, 6) is 0.799. The van der Waals surface area contributed by atoms with Crippen LogP contribution in [0.25, 0.3) is 0 Å². The fourth-order valence-corrected chi connectivity index (χ4v) is 4.20. The minimum atomic E-state index is -0.493. The number of carbonyl (C=O) groups is 1. The summed E-state index contributed by atoms with van der Waals surface area (Å²) in [7, 11) is 3.42. The lowest BCUT2D eigenvalue weighted by Crippen LogP contribution is -2.29. The Bertz CT molecular complexity index is 795. The topological polar surface area (TPSA) is 62.7 Å². The van der Waals surface area contributed by atoms with Crippen molar-refractivity contribution in [2.75, 3.05) is 27.3 Å². The first-order valence-corrected chi connectivity index (χ1v) is 10.5. The van der Waals surface area contributed by atoms with E-state index in [-0.39, 0.29) is 11.8 Å². The summed E-state index contributed by atoms with van der Waals surface area (Å²) >= 11 is 5.84. The molecule has 1 aliphatic rings. The van der Waals surface area contributed by atoms with Crippen molar-refractivity contribution in [3.8, 4) is 0 Å². The fraction of sp³-hybridized carbons (Fsp3) is 0.478. The molecule has 0 radical (unpaired) electrons. The number of benzene rings is 1. The molecule has 3 atom stereocenters. The van der Waals surface area contributed by atoms with Gasteiger partial charge in [0.1, 0.15) is 5.15 Å². The number of aromatic nitrogens is 1. The third kappa shape index (κ3) is 5.78. The zero-order valence-electron chi connectivity index (χ0n) is 17.1. The summed E-state index contributed by atoms with van der Waals surface area (Å²) in [4.78, 5) is 18.2. The Morgan fingerprint density at radius 3 is 2.69 bits per heavy atom. The van der Waals surface area contributed by atoms with Gasteiger partial charge in [0, 0.05) is 32.5 Å². The van der Waals surface area contributed by atoms with Crippen molar-refractivity contribution in [2.45, 2.75) is 31.8 Å². The SMILES string of the molecule is COCCN(C)C(=O)c1ccc(C[C@@H]2CC[C@H]([C@H](O)c3ccc(Cl)nc3)C2)cc1. The highest BCUT2D eigenvalue weighted by Gasteiger charge is 2.31. The molecule has 2 aromatic rings. The number of nitrogens with zero attached hydrogens (tertiary/aromatic N) is 2. The molecule has 3 rings (SSSR count). The third-order valence-electron chi connectivity index (χ3n) is 5.82. The van der Waals surface area contributed by atoms with Crippen LogP contribution in [-0.4, -0.2) is 48.2 Å². The number of ether oxygens (including phenoxy) is 1. The van der Waals surface area contributed by atoms with E-state index in [9.17, 15) is 9.90 Å². The Hall–Kier alpha value is -1.95. The van der Waals surface area contributed by atoms with E-state index in [4.69, 9.17) is 16.3 Å². The van der Waals surface area contributed by atoms with Crippen molar-refractivity contribution >= 4 is 17.5 Å². The molecule has 0 spiro atoms. The molecule has 5 nitrogen and oxygen atoms in total. The normalized spacial score (nSPS) is 19.9. The summed E-state index contributed by atoms with van der Waals surface area (Å²) in [6, 6.07) is 11.5. The van der Waals surface area contributed by atoms with Crippen LogP contribution in [0.15, 0.2) is 42.6 Å². The number of hydrogen-bond acceptors (Lipinski definition) is 4. The van der Waals surface area contributed by atoms with Gasteiger partial charge in [-0.2, -0.15) is 0 Å². The molecule has 0 aliphatic heterocycles. The van der Waals surface area contributed by atoms with Gasteiger partial charge >= 0.3 is 0 Å². The molecule has 1 aromatic carbocycles. The zero-order chi connectivity index (χ0) is 20.8. The van der Waals surface area contributed by atoms with Gasteiger partial charge in [0.2, 0.25) is 0 Å². The molecule has 156 valence electrons. The highest BCUT2D eigenvalue weighted by atomic mass is 35.5. The minimum Gasteiger partial charge on any atom is -0.388 e. The standard InChI is InChI=1S/C23H29ClN2O3/c1-26(11-12-29-2)23(28)18-6-3-16(4-7-18)13-17-5-8-19(14-17)22(27)20-9-10-21(24)25-15-20/h3-4,6-7,9-10,15,17,19,22,27H,5,8,11-14H2,1-2H3/t17-,19-,22-/m0/s1. The van der Waals surface area contributed by atoms with Gasteiger partial charge in [0.05, 0.1) is 12.7 Å². The maximum Gasteiger partial charge on any atom is 0.253 e. The molecule has 1 aromatic heterocycles. The smallest absolute Gasteiger partial charge is 0.253 e.